The number of anilines is 1. The average molecular weight is 225 g/mol. The van der Waals surface area contributed by atoms with Crippen molar-refractivity contribution in [2.45, 2.75) is 0 Å². The Morgan fingerprint density at radius 1 is 1.12 bits per heavy atom. The van der Waals surface area contributed by atoms with Gasteiger partial charge in [-0.15, -0.1) is 0 Å². The lowest BCUT2D eigenvalue weighted by atomic mass is 10.2. The fourth-order valence-electron chi connectivity index (χ4n) is 1.27. The molecule has 0 saturated carbocycles. The van der Waals surface area contributed by atoms with Crippen LogP contribution in [0.2, 0.25) is 0 Å². The van der Waals surface area contributed by atoms with Gasteiger partial charge in [0.25, 0.3) is 0 Å². The Hall–Kier alpha value is -2.49. The van der Waals surface area contributed by atoms with Crippen LogP contribution in [0.1, 0.15) is 5.56 Å². The Balaban J connectivity index is 1.96. The van der Waals surface area contributed by atoms with Gasteiger partial charge in [-0.05, 0) is 29.8 Å². The second-order valence-electron chi connectivity index (χ2n) is 3.34. The molecule has 0 spiro atoms. The zero-order chi connectivity index (χ0) is 11.9. The molecule has 1 amide bonds. The van der Waals surface area contributed by atoms with Gasteiger partial charge in [0, 0.05) is 36.6 Å². The second-order valence-corrected chi connectivity index (χ2v) is 3.34. The highest BCUT2D eigenvalue weighted by atomic mass is 16.1. The number of aromatic nitrogens is 2. The summed E-state index contributed by atoms with van der Waals surface area (Å²) in [4.78, 5) is 19.4. The molecule has 1 N–H and O–H groups in total. The van der Waals surface area contributed by atoms with Crippen molar-refractivity contribution >= 4 is 17.7 Å². The second kappa shape index (κ2) is 5.55. The molecule has 0 aliphatic heterocycles. The number of hydrogen-bond acceptors (Lipinski definition) is 3. The lowest BCUT2D eigenvalue weighted by Gasteiger charge is -1.99. The number of hydrogen-bond donors (Lipinski definition) is 1. The van der Waals surface area contributed by atoms with Gasteiger partial charge in [0.05, 0.1) is 0 Å². The maximum Gasteiger partial charge on any atom is 0.248 e. The summed E-state index contributed by atoms with van der Waals surface area (Å²) in [7, 11) is 0. The van der Waals surface area contributed by atoms with E-state index in [-0.39, 0.29) is 5.91 Å². The molecule has 0 atom stereocenters. The largest absolute Gasteiger partial charge is 0.322 e. The molecular formula is C13H11N3O. The van der Waals surface area contributed by atoms with E-state index in [1.54, 1.807) is 43.0 Å². The number of rotatable bonds is 3. The van der Waals surface area contributed by atoms with Crippen LogP contribution in [0.4, 0.5) is 5.69 Å². The molecule has 2 heterocycles. The summed E-state index contributed by atoms with van der Waals surface area (Å²) in [5.74, 6) is -0.181. The molecule has 0 aliphatic carbocycles. The minimum atomic E-state index is -0.181. The first-order valence-electron chi connectivity index (χ1n) is 5.14. The molecule has 17 heavy (non-hydrogen) atoms. The molecule has 0 fully saturated rings. The van der Waals surface area contributed by atoms with Crippen LogP contribution in [0, 0.1) is 0 Å². The lowest BCUT2D eigenvalue weighted by Crippen LogP contribution is -2.07. The molecule has 0 unspecified atom stereocenters. The van der Waals surface area contributed by atoms with E-state index in [0.717, 1.165) is 11.3 Å². The molecule has 4 nitrogen and oxygen atoms in total. The van der Waals surface area contributed by atoms with Crippen molar-refractivity contribution in [2.24, 2.45) is 0 Å². The van der Waals surface area contributed by atoms with Crippen molar-refractivity contribution in [3.05, 3.63) is 60.7 Å². The Bertz CT molecular complexity index is 509. The van der Waals surface area contributed by atoms with Gasteiger partial charge >= 0.3 is 0 Å². The van der Waals surface area contributed by atoms with Crippen LogP contribution in [0.15, 0.2) is 55.1 Å². The molecule has 0 radical (unpaired) electrons. The monoisotopic (exact) mass is 225 g/mol. The number of nitrogens with one attached hydrogen (secondary N) is 1. The number of amides is 1. The quantitative estimate of drug-likeness (QED) is 0.814. The molecule has 2 rings (SSSR count). The van der Waals surface area contributed by atoms with E-state index in [4.69, 9.17) is 0 Å². The van der Waals surface area contributed by atoms with Crippen LogP contribution in [0.3, 0.4) is 0 Å². The molecule has 2 aromatic rings. The first-order chi connectivity index (χ1) is 8.34. The summed E-state index contributed by atoms with van der Waals surface area (Å²) >= 11 is 0. The van der Waals surface area contributed by atoms with E-state index >= 15 is 0 Å². The number of carbonyl (C=O) groups excluding carboxylic acids is 1. The summed E-state index contributed by atoms with van der Waals surface area (Å²) in [6, 6.07) is 7.16. The van der Waals surface area contributed by atoms with E-state index in [2.05, 4.69) is 15.3 Å². The van der Waals surface area contributed by atoms with Crippen LogP contribution in [0.25, 0.3) is 6.08 Å². The third kappa shape index (κ3) is 3.53. The van der Waals surface area contributed by atoms with Crippen molar-refractivity contribution in [3.63, 3.8) is 0 Å². The third-order valence-corrected chi connectivity index (χ3v) is 2.06. The molecule has 84 valence electrons. The maximum absolute atomic E-state index is 11.5. The predicted octanol–water partition coefficient (Wildman–Crippen LogP) is 2.13. The molecule has 0 saturated heterocycles. The smallest absolute Gasteiger partial charge is 0.248 e. The average Bonchev–Trinajstić information content (AvgIpc) is 2.39. The van der Waals surface area contributed by atoms with Crippen molar-refractivity contribution in [1.82, 2.24) is 9.97 Å². The maximum atomic E-state index is 11.5. The van der Waals surface area contributed by atoms with Gasteiger partial charge < -0.3 is 5.32 Å². The standard InChI is InChI=1S/C13H11N3O/c17-13(16-12-5-8-14-9-6-12)4-3-11-2-1-7-15-10-11/h1-10H,(H,14,16,17)/b4-3+. The number of nitrogens with zero attached hydrogens (tertiary/aromatic N) is 2. The molecule has 0 aromatic carbocycles. The number of pyridine rings is 2. The van der Waals surface area contributed by atoms with Crippen LogP contribution < -0.4 is 5.32 Å². The fourth-order valence-corrected chi connectivity index (χ4v) is 1.27. The van der Waals surface area contributed by atoms with Crippen LogP contribution in [0.5, 0.6) is 0 Å². The van der Waals surface area contributed by atoms with E-state index in [9.17, 15) is 4.79 Å². The highest BCUT2D eigenvalue weighted by molar-refractivity contribution is 6.01. The summed E-state index contributed by atoms with van der Waals surface area (Å²) < 4.78 is 0. The molecule has 4 heteroatoms. The lowest BCUT2D eigenvalue weighted by molar-refractivity contribution is -0.111. The van der Waals surface area contributed by atoms with Crippen LogP contribution >= 0.6 is 0 Å². The topological polar surface area (TPSA) is 54.9 Å². The third-order valence-electron chi connectivity index (χ3n) is 2.06. The van der Waals surface area contributed by atoms with Gasteiger partial charge in [-0.1, -0.05) is 6.07 Å². The van der Waals surface area contributed by atoms with E-state index < -0.39 is 0 Å². The summed E-state index contributed by atoms with van der Waals surface area (Å²) in [6.45, 7) is 0. The fraction of sp³-hybridized carbons (Fsp3) is 0. The number of carbonyl (C=O) groups is 1. The van der Waals surface area contributed by atoms with Gasteiger partial charge in [-0.2, -0.15) is 0 Å². The summed E-state index contributed by atoms with van der Waals surface area (Å²) in [5, 5.41) is 2.73. The SMILES string of the molecule is O=C(/C=C/c1cccnc1)Nc1ccncc1. The summed E-state index contributed by atoms with van der Waals surface area (Å²) in [5.41, 5.74) is 1.61. The Morgan fingerprint density at radius 2 is 1.94 bits per heavy atom. The minimum absolute atomic E-state index is 0.181. The van der Waals surface area contributed by atoms with Crippen molar-refractivity contribution < 1.29 is 4.79 Å². The highest BCUT2D eigenvalue weighted by Gasteiger charge is 1.96. The van der Waals surface area contributed by atoms with Gasteiger partial charge in [0.15, 0.2) is 0 Å². The Kier molecular flexibility index (Phi) is 3.60. The molecule has 2 aromatic heterocycles. The zero-order valence-electron chi connectivity index (χ0n) is 9.08. The van der Waals surface area contributed by atoms with E-state index in [1.165, 1.54) is 6.08 Å². The first kappa shape index (κ1) is 11.0. The van der Waals surface area contributed by atoms with Crippen LogP contribution in [-0.2, 0) is 4.79 Å². The molecule has 0 aliphatic rings. The van der Waals surface area contributed by atoms with E-state index in [1.807, 2.05) is 12.1 Å². The van der Waals surface area contributed by atoms with Crippen LogP contribution in [-0.4, -0.2) is 15.9 Å². The molecule has 0 bridgehead atoms. The van der Waals surface area contributed by atoms with Gasteiger partial charge in [0.1, 0.15) is 0 Å². The Morgan fingerprint density at radius 3 is 2.65 bits per heavy atom. The van der Waals surface area contributed by atoms with Crippen molar-refractivity contribution in [2.75, 3.05) is 5.32 Å². The van der Waals surface area contributed by atoms with Gasteiger partial charge in [-0.3, -0.25) is 14.8 Å². The Labute approximate surface area is 99.0 Å². The summed E-state index contributed by atoms with van der Waals surface area (Å²) in [6.07, 6.45) is 9.81. The zero-order valence-corrected chi connectivity index (χ0v) is 9.08. The van der Waals surface area contributed by atoms with Gasteiger partial charge in [0.2, 0.25) is 5.91 Å². The van der Waals surface area contributed by atoms with E-state index in [0.29, 0.717) is 0 Å². The highest BCUT2D eigenvalue weighted by Crippen LogP contribution is 2.04. The first-order valence-corrected chi connectivity index (χ1v) is 5.14. The van der Waals surface area contributed by atoms with Gasteiger partial charge in [-0.25, -0.2) is 0 Å². The predicted molar refractivity (Wildman–Crippen MR) is 66.1 cm³/mol. The van der Waals surface area contributed by atoms with Crippen molar-refractivity contribution in [3.8, 4) is 0 Å². The van der Waals surface area contributed by atoms with Crippen molar-refractivity contribution in [1.29, 1.82) is 0 Å². The minimum Gasteiger partial charge on any atom is -0.322 e. The normalized spacial score (nSPS) is 10.4. The molecular weight excluding hydrogens is 214 g/mol.